The smallest absolute Gasteiger partial charge is 0.136 e. The number of hydrogen-bond donors (Lipinski definition) is 0. The van der Waals surface area contributed by atoms with Crippen LogP contribution in [0.2, 0.25) is 0 Å². The Morgan fingerprint density at radius 1 is 0.708 bits per heavy atom. The van der Waals surface area contributed by atoms with Gasteiger partial charge in [-0.1, -0.05) is 64.2 Å². The van der Waals surface area contributed by atoms with Crippen LogP contribution in [0.4, 0.5) is 0 Å². The van der Waals surface area contributed by atoms with Crippen molar-refractivity contribution >= 4 is 0 Å². The molecule has 0 bridgehead atoms. The maximum Gasteiger partial charge on any atom is 0.136 e. The standard InChI is InChI=1S/C22H30O2/c1-5-9-11-13-15-23-21-17-20(8-4)22(18-19(21)7-3)24-16-14-12-10-6-2/h3-4,17-18H,5-6,9-16H2,1-2H3. The molecule has 0 radical (unpaired) electrons. The molecular weight excluding hydrogens is 296 g/mol. The number of ether oxygens (including phenoxy) is 2. The van der Waals surface area contributed by atoms with Crippen molar-refractivity contribution in [3.63, 3.8) is 0 Å². The van der Waals surface area contributed by atoms with E-state index in [0.29, 0.717) is 35.8 Å². The minimum atomic E-state index is 0.663. The Morgan fingerprint density at radius 3 is 1.46 bits per heavy atom. The van der Waals surface area contributed by atoms with Crippen LogP contribution in [0.1, 0.15) is 76.3 Å². The van der Waals surface area contributed by atoms with E-state index < -0.39 is 0 Å². The minimum absolute atomic E-state index is 0.663. The molecule has 0 saturated carbocycles. The molecule has 0 spiro atoms. The molecular formula is C22H30O2. The second kappa shape index (κ2) is 12.4. The van der Waals surface area contributed by atoms with E-state index in [0.717, 1.165) is 12.8 Å². The van der Waals surface area contributed by atoms with Gasteiger partial charge in [-0.3, -0.25) is 0 Å². The highest BCUT2D eigenvalue weighted by Gasteiger charge is 2.10. The van der Waals surface area contributed by atoms with Gasteiger partial charge in [0.05, 0.1) is 24.3 Å². The van der Waals surface area contributed by atoms with Gasteiger partial charge in [0.25, 0.3) is 0 Å². The summed E-state index contributed by atoms with van der Waals surface area (Å²) in [6, 6.07) is 3.66. The van der Waals surface area contributed by atoms with Crippen molar-refractivity contribution in [1.82, 2.24) is 0 Å². The Balaban J connectivity index is 2.67. The molecule has 1 aromatic carbocycles. The molecule has 24 heavy (non-hydrogen) atoms. The summed E-state index contributed by atoms with van der Waals surface area (Å²) in [6.07, 6.45) is 20.5. The monoisotopic (exact) mass is 326 g/mol. The van der Waals surface area contributed by atoms with Crippen molar-refractivity contribution in [3.8, 4) is 36.2 Å². The van der Waals surface area contributed by atoms with Crippen LogP contribution in [0, 0.1) is 24.7 Å². The minimum Gasteiger partial charge on any atom is -0.492 e. The lowest BCUT2D eigenvalue weighted by atomic mass is 10.1. The number of terminal acetylenes is 2. The molecule has 0 aliphatic carbocycles. The highest BCUT2D eigenvalue weighted by Crippen LogP contribution is 2.28. The van der Waals surface area contributed by atoms with Gasteiger partial charge in [-0.15, -0.1) is 12.8 Å². The fourth-order valence-electron chi connectivity index (χ4n) is 2.45. The Labute approximate surface area is 147 Å². The van der Waals surface area contributed by atoms with E-state index in [1.807, 2.05) is 12.1 Å². The van der Waals surface area contributed by atoms with Gasteiger partial charge in [0.2, 0.25) is 0 Å². The van der Waals surface area contributed by atoms with Gasteiger partial charge in [0, 0.05) is 12.1 Å². The van der Waals surface area contributed by atoms with Gasteiger partial charge < -0.3 is 9.47 Å². The maximum absolute atomic E-state index is 5.84. The summed E-state index contributed by atoms with van der Waals surface area (Å²) >= 11 is 0. The topological polar surface area (TPSA) is 18.5 Å². The highest BCUT2D eigenvalue weighted by molar-refractivity contribution is 5.57. The molecule has 0 unspecified atom stereocenters. The van der Waals surface area contributed by atoms with Crippen LogP contribution in [0.5, 0.6) is 11.5 Å². The summed E-state index contributed by atoms with van der Waals surface area (Å²) in [5.74, 6) is 6.71. The molecule has 0 saturated heterocycles. The summed E-state index contributed by atoms with van der Waals surface area (Å²) in [4.78, 5) is 0. The molecule has 2 heteroatoms. The van der Waals surface area contributed by atoms with E-state index in [2.05, 4.69) is 25.7 Å². The first-order chi connectivity index (χ1) is 11.8. The molecule has 0 fully saturated rings. The van der Waals surface area contributed by atoms with Crippen molar-refractivity contribution in [1.29, 1.82) is 0 Å². The lowest BCUT2D eigenvalue weighted by molar-refractivity contribution is 0.295. The zero-order valence-electron chi connectivity index (χ0n) is 15.2. The first-order valence-corrected chi connectivity index (χ1v) is 9.13. The van der Waals surface area contributed by atoms with Crippen LogP contribution in [-0.2, 0) is 0 Å². The van der Waals surface area contributed by atoms with E-state index in [9.17, 15) is 0 Å². The largest absolute Gasteiger partial charge is 0.492 e. The average molecular weight is 326 g/mol. The Kier molecular flexibility index (Phi) is 10.3. The predicted molar refractivity (Wildman–Crippen MR) is 102 cm³/mol. The third-order valence-electron chi connectivity index (χ3n) is 3.90. The number of rotatable bonds is 12. The van der Waals surface area contributed by atoms with Crippen molar-refractivity contribution in [2.24, 2.45) is 0 Å². The van der Waals surface area contributed by atoms with E-state index in [1.54, 1.807) is 0 Å². The van der Waals surface area contributed by atoms with Crippen LogP contribution < -0.4 is 9.47 Å². The Morgan fingerprint density at radius 2 is 1.12 bits per heavy atom. The van der Waals surface area contributed by atoms with Crippen molar-refractivity contribution in [2.45, 2.75) is 65.2 Å². The van der Waals surface area contributed by atoms with E-state index in [1.165, 1.54) is 38.5 Å². The normalized spacial score (nSPS) is 10.0. The molecule has 0 N–H and O–H groups in total. The quantitative estimate of drug-likeness (QED) is 0.369. The van der Waals surface area contributed by atoms with Gasteiger partial charge in [-0.25, -0.2) is 0 Å². The first kappa shape index (κ1) is 20.0. The van der Waals surface area contributed by atoms with E-state index >= 15 is 0 Å². The summed E-state index contributed by atoms with van der Waals surface area (Å²) in [5, 5.41) is 0. The Bertz CT molecular complexity index is 509. The Hall–Kier alpha value is -2.06. The summed E-state index contributed by atoms with van der Waals surface area (Å²) < 4.78 is 11.7. The second-order valence-electron chi connectivity index (χ2n) is 5.95. The van der Waals surface area contributed by atoms with E-state index in [-0.39, 0.29) is 0 Å². The molecule has 0 aliphatic heterocycles. The van der Waals surface area contributed by atoms with Crippen LogP contribution >= 0.6 is 0 Å². The number of hydrogen-bond acceptors (Lipinski definition) is 2. The maximum atomic E-state index is 5.84. The fourth-order valence-corrected chi connectivity index (χ4v) is 2.45. The SMILES string of the molecule is C#Cc1cc(OCCCCCC)c(C#C)cc1OCCCCCC. The number of unbranched alkanes of at least 4 members (excludes halogenated alkanes) is 6. The molecule has 0 atom stereocenters. The van der Waals surface area contributed by atoms with Crippen LogP contribution in [0.15, 0.2) is 12.1 Å². The summed E-state index contributed by atoms with van der Waals surface area (Å²) in [7, 11) is 0. The molecule has 0 amide bonds. The van der Waals surface area contributed by atoms with Gasteiger partial charge in [0.1, 0.15) is 11.5 Å². The van der Waals surface area contributed by atoms with Crippen molar-refractivity contribution in [2.75, 3.05) is 13.2 Å². The van der Waals surface area contributed by atoms with Crippen LogP contribution in [-0.4, -0.2) is 13.2 Å². The molecule has 0 heterocycles. The molecule has 1 rings (SSSR count). The summed E-state index contributed by atoms with van der Waals surface area (Å²) in [6.45, 7) is 5.71. The number of benzene rings is 1. The molecule has 2 nitrogen and oxygen atoms in total. The van der Waals surface area contributed by atoms with Crippen molar-refractivity contribution in [3.05, 3.63) is 23.3 Å². The zero-order valence-corrected chi connectivity index (χ0v) is 15.2. The summed E-state index contributed by atoms with van der Waals surface area (Å²) in [5.41, 5.74) is 1.40. The van der Waals surface area contributed by atoms with Gasteiger partial charge in [0.15, 0.2) is 0 Å². The second-order valence-corrected chi connectivity index (χ2v) is 5.95. The molecule has 130 valence electrons. The lowest BCUT2D eigenvalue weighted by Gasteiger charge is -2.13. The first-order valence-electron chi connectivity index (χ1n) is 9.13. The average Bonchev–Trinajstić information content (AvgIpc) is 2.61. The van der Waals surface area contributed by atoms with Gasteiger partial charge >= 0.3 is 0 Å². The fraction of sp³-hybridized carbons (Fsp3) is 0.545. The van der Waals surface area contributed by atoms with Gasteiger partial charge in [-0.2, -0.15) is 0 Å². The predicted octanol–water partition coefficient (Wildman–Crippen LogP) is 5.57. The van der Waals surface area contributed by atoms with E-state index in [4.69, 9.17) is 22.3 Å². The van der Waals surface area contributed by atoms with Gasteiger partial charge in [-0.05, 0) is 12.8 Å². The molecule has 0 aliphatic rings. The lowest BCUT2D eigenvalue weighted by Crippen LogP contribution is -2.03. The third kappa shape index (κ3) is 7.01. The molecule has 1 aromatic rings. The van der Waals surface area contributed by atoms with Crippen molar-refractivity contribution < 1.29 is 9.47 Å². The highest BCUT2D eigenvalue weighted by atomic mass is 16.5. The third-order valence-corrected chi connectivity index (χ3v) is 3.90. The zero-order chi connectivity index (χ0) is 17.6. The van der Waals surface area contributed by atoms with Crippen LogP contribution in [0.3, 0.4) is 0 Å². The molecule has 0 aromatic heterocycles. The van der Waals surface area contributed by atoms with Crippen LogP contribution in [0.25, 0.3) is 0 Å².